The van der Waals surface area contributed by atoms with Gasteiger partial charge in [-0.3, -0.25) is 4.79 Å². The smallest absolute Gasteiger partial charge is 0.427 e. The van der Waals surface area contributed by atoms with Crippen molar-refractivity contribution in [1.82, 2.24) is 4.90 Å². The van der Waals surface area contributed by atoms with Crippen LogP contribution in [0.15, 0.2) is 48.5 Å². The van der Waals surface area contributed by atoms with Crippen molar-refractivity contribution in [3.8, 4) is 0 Å². The molecule has 0 radical (unpaired) electrons. The molecule has 36 heavy (non-hydrogen) atoms. The van der Waals surface area contributed by atoms with Gasteiger partial charge in [0, 0.05) is 37.7 Å². The number of rotatable bonds is 5. The molecule has 2 heterocycles. The number of nitrogens with one attached hydrogen (secondary N) is 1. The lowest BCUT2D eigenvalue weighted by Crippen LogP contribution is -2.60. The Bertz CT molecular complexity index is 1050. The predicted octanol–water partition coefficient (Wildman–Crippen LogP) is 4.03. The van der Waals surface area contributed by atoms with Gasteiger partial charge < -0.3 is 26.0 Å². The van der Waals surface area contributed by atoms with Gasteiger partial charge in [0.05, 0.1) is 5.41 Å². The SMILES string of the molecule is NCc1cccc(C2CCN(C(=O)C3(C4CCCCCC4)CNc4ccccc4C3B(O)O)CC2)c1. The number of piperidine rings is 1. The molecule has 0 bridgehead atoms. The number of anilines is 1. The van der Waals surface area contributed by atoms with E-state index in [1.54, 1.807) is 0 Å². The van der Waals surface area contributed by atoms with Crippen molar-refractivity contribution < 1.29 is 14.8 Å². The summed E-state index contributed by atoms with van der Waals surface area (Å²) in [5, 5.41) is 25.1. The number of nitrogens with two attached hydrogens (primary N) is 1. The second-order valence-electron chi connectivity index (χ2n) is 11.1. The highest BCUT2D eigenvalue weighted by molar-refractivity contribution is 6.44. The summed E-state index contributed by atoms with van der Waals surface area (Å²) < 4.78 is 0. The highest BCUT2D eigenvalue weighted by Gasteiger charge is 2.58. The normalized spacial score (nSPS) is 25.5. The quantitative estimate of drug-likeness (QED) is 0.376. The van der Waals surface area contributed by atoms with E-state index >= 15 is 0 Å². The maximum absolute atomic E-state index is 14.6. The first-order chi connectivity index (χ1) is 17.5. The van der Waals surface area contributed by atoms with E-state index in [0.29, 0.717) is 32.1 Å². The molecule has 1 saturated carbocycles. The molecule has 1 saturated heterocycles. The number of para-hydroxylation sites is 1. The summed E-state index contributed by atoms with van der Waals surface area (Å²) >= 11 is 0. The number of likely N-dealkylation sites (tertiary alicyclic amines) is 1. The van der Waals surface area contributed by atoms with E-state index in [1.165, 1.54) is 18.4 Å². The number of carbonyl (C=O) groups is 1. The van der Waals surface area contributed by atoms with Crippen molar-refractivity contribution in [3.05, 3.63) is 65.2 Å². The first-order valence-corrected chi connectivity index (χ1v) is 13.8. The van der Waals surface area contributed by atoms with E-state index in [0.717, 1.165) is 55.3 Å². The van der Waals surface area contributed by atoms with E-state index in [-0.39, 0.29) is 11.8 Å². The summed E-state index contributed by atoms with van der Waals surface area (Å²) in [7, 11) is -1.59. The van der Waals surface area contributed by atoms with Gasteiger partial charge in [0.1, 0.15) is 0 Å². The third-order valence-corrected chi connectivity index (χ3v) is 9.14. The van der Waals surface area contributed by atoms with Gasteiger partial charge in [-0.15, -0.1) is 0 Å². The van der Waals surface area contributed by atoms with Crippen LogP contribution in [-0.4, -0.2) is 47.6 Å². The Balaban J connectivity index is 1.45. The molecule has 2 atom stereocenters. The second kappa shape index (κ2) is 11.0. The molecule has 1 amide bonds. The van der Waals surface area contributed by atoms with Gasteiger partial charge in [-0.2, -0.15) is 0 Å². The van der Waals surface area contributed by atoms with Crippen LogP contribution in [0.25, 0.3) is 0 Å². The minimum atomic E-state index is -1.59. The second-order valence-corrected chi connectivity index (χ2v) is 11.1. The fourth-order valence-corrected chi connectivity index (χ4v) is 7.25. The van der Waals surface area contributed by atoms with E-state index in [9.17, 15) is 14.8 Å². The molecule has 5 rings (SSSR count). The molecule has 0 aromatic heterocycles. The Morgan fingerprint density at radius 2 is 1.72 bits per heavy atom. The summed E-state index contributed by atoms with van der Waals surface area (Å²) in [4.78, 5) is 16.6. The van der Waals surface area contributed by atoms with Crippen molar-refractivity contribution in [3.63, 3.8) is 0 Å². The maximum Gasteiger partial charge on any atom is 0.460 e. The van der Waals surface area contributed by atoms with Gasteiger partial charge in [0.25, 0.3) is 0 Å². The van der Waals surface area contributed by atoms with Crippen LogP contribution in [0.3, 0.4) is 0 Å². The molecule has 192 valence electrons. The number of benzene rings is 2. The topological polar surface area (TPSA) is 98.8 Å². The standard InChI is InChI=1S/C29H40BN3O3/c31-19-21-8-7-9-23(18-21)22-14-16-33(17-15-22)28(34)29(24-10-3-1-2-4-11-24)20-32-26-13-6-5-12-25(26)27(29)30(35)36/h5-9,12-13,18,22,24,27,32,35-36H,1-4,10-11,14-17,19-20,31H2. The molecular weight excluding hydrogens is 449 g/mol. The molecular formula is C29H40BN3O3. The van der Waals surface area contributed by atoms with Crippen LogP contribution < -0.4 is 11.1 Å². The Kier molecular flexibility index (Phi) is 7.70. The van der Waals surface area contributed by atoms with Gasteiger partial charge in [0.15, 0.2) is 0 Å². The molecule has 3 aliphatic rings. The van der Waals surface area contributed by atoms with E-state index in [2.05, 4.69) is 29.6 Å². The Hall–Kier alpha value is -2.35. The summed E-state index contributed by atoms with van der Waals surface area (Å²) in [6.45, 7) is 2.38. The number of carbonyl (C=O) groups excluding carboxylic acids is 1. The first-order valence-electron chi connectivity index (χ1n) is 13.8. The van der Waals surface area contributed by atoms with Crippen LogP contribution in [0.5, 0.6) is 0 Å². The van der Waals surface area contributed by atoms with Crippen molar-refractivity contribution >= 4 is 18.7 Å². The highest BCUT2D eigenvalue weighted by Crippen LogP contribution is 2.53. The fourth-order valence-electron chi connectivity index (χ4n) is 7.25. The number of hydrogen-bond acceptors (Lipinski definition) is 5. The maximum atomic E-state index is 14.6. The van der Waals surface area contributed by atoms with Crippen LogP contribution in [0, 0.1) is 11.3 Å². The van der Waals surface area contributed by atoms with Gasteiger partial charge in [-0.1, -0.05) is 68.1 Å². The van der Waals surface area contributed by atoms with Gasteiger partial charge >= 0.3 is 7.12 Å². The molecule has 2 aromatic rings. The third-order valence-electron chi connectivity index (χ3n) is 9.14. The van der Waals surface area contributed by atoms with E-state index in [4.69, 9.17) is 5.73 Å². The zero-order valence-corrected chi connectivity index (χ0v) is 21.2. The van der Waals surface area contributed by atoms with Crippen LogP contribution >= 0.6 is 0 Å². The zero-order chi connectivity index (χ0) is 25.1. The largest absolute Gasteiger partial charge is 0.460 e. The number of fused-ring (bicyclic) bond motifs is 1. The highest BCUT2D eigenvalue weighted by atomic mass is 16.4. The lowest BCUT2D eigenvalue weighted by Gasteiger charge is -2.51. The first kappa shape index (κ1) is 25.3. The average Bonchev–Trinajstić information content (AvgIpc) is 3.22. The number of amides is 1. The molecule has 1 aliphatic carbocycles. The minimum Gasteiger partial charge on any atom is -0.427 e. The number of nitrogens with zero attached hydrogens (tertiary/aromatic N) is 1. The third kappa shape index (κ3) is 4.69. The van der Waals surface area contributed by atoms with Crippen molar-refractivity contribution in [2.24, 2.45) is 17.1 Å². The average molecular weight is 489 g/mol. The van der Waals surface area contributed by atoms with Gasteiger partial charge in [-0.25, -0.2) is 0 Å². The number of hydrogen-bond donors (Lipinski definition) is 4. The summed E-state index contributed by atoms with van der Waals surface area (Å²) in [6, 6.07) is 16.3. The Labute approximate surface area is 215 Å². The lowest BCUT2D eigenvalue weighted by molar-refractivity contribution is -0.147. The van der Waals surface area contributed by atoms with Crippen molar-refractivity contribution in [1.29, 1.82) is 0 Å². The van der Waals surface area contributed by atoms with Crippen LogP contribution in [0.1, 0.15) is 79.8 Å². The van der Waals surface area contributed by atoms with Crippen LogP contribution in [0.2, 0.25) is 0 Å². The zero-order valence-electron chi connectivity index (χ0n) is 21.2. The monoisotopic (exact) mass is 489 g/mol. The van der Waals surface area contributed by atoms with Crippen LogP contribution in [-0.2, 0) is 11.3 Å². The van der Waals surface area contributed by atoms with Crippen molar-refractivity contribution in [2.45, 2.75) is 69.6 Å². The van der Waals surface area contributed by atoms with Gasteiger partial charge in [-0.05, 0) is 60.3 Å². The Morgan fingerprint density at radius 1 is 1.00 bits per heavy atom. The summed E-state index contributed by atoms with van der Waals surface area (Å²) in [5.74, 6) is 0.00565. The molecule has 5 N–H and O–H groups in total. The fraction of sp³-hybridized carbons (Fsp3) is 0.552. The van der Waals surface area contributed by atoms with Gasteiger partial charge in [0.2, 0.25) is 5.91 Å². The molecule has 7 heteroatoms. The Morgan fingerprint density at radius 3 is 2.42 bits per heavy atom. The lowest BCUT2D eigenvalue weighted by atomic mass is 9.48. The van der Waals surface area contributed by atoms with E-state index in [1.807, 2.05) is 29.2 Å². The van der Waals surface area contributed by atoms with E-state index < -0.39 is 18.4 Å². The molecule has 2 unspecified atom stereocenters. The summed E-state index contributed by atoms with van der Waals surface area (Å²) in [5.41, 5.74) is 9.21. The predicted molar refractivity (Wildman–Crippen MR) is 144 cm³/mol. The molecule has 2 aromatic carbocycles. The molecule has 0 spiro atoms. The summed E-state index contributed by atoms with van der Waals surface area (Å²) in [6.07, 6.45) is 8.30. The van der Waals surface area contributed by atoms with Crippen molar-refractivity contribution in [2.75, 3.05) is 25.0 Å². The molecule has 2 aliphatic heterocycles. The molecule has 2 fully saturated rings. The molecule has 6 nitrogen and oxygen atoms in total. The minimum absolute atomic E-state index is 0.101. The van der Waals surface area contributed by atoms with Crippen LogP contribution in [0.4, 0.5) is 5.69 Å².